The second kappa shape index (κ2) is 6.51. The van der Waals surface area contributed by atoms with Gasteiger partial charge < -0.3 is 9.30 Å². The van der Waals surface area contributed by atoms with Gasteiger partial charge in [-0.25, -0.2) is 0 Å². The van der Waals surface area contributed by atoms with Crippen LogP contribution in [0.2, 0.25) is 5.02 Å². The molecular weight excluding hydrogens is 348 g/mol. The lowest BCUT2D eigenvalue weighted by molar-refractivity contribution is -0.116. The van der Waals surface area contributed by atoms with Gasteiger partial charge >= 0.3 is 0 Å². The van der Waals surface area contributed by atoms with Crippen LogP contribution in [0, 0.1) is 0 Å². The van der Waals surface area contributed by atoms with Gasteiger partial charge in [-0.15, -0.1) is 10.2 Å². The van der Waals surface area contributed by atoms with E-state index in [4.69, 9.17) is 16.3 Å². The van der Waals surface area contributed by atoms with Gasteiger partial charge in [0.05, 0.1) is 0 Å². The van der Waals surface area contributed by atoms with E-state index in [1.807, 2.05) is 35.0 Å². The fourth-order valence-corrected chi connectivity index (χ4v) is 3.90. The number of aromatic nitrogens is 3. The zero-order valence-corrected chi connectivity index (χ0v) is 14.3. The van der Waals surface area contributed by atoms with Crippen LogP contribution in [0.3, 0.4) is 0 Å². The molecule has 1 fully saturated rings. The van der Waals surface area contributed by atoms with Crippen molar-refractivity contribution in [1.82, 2.24) is 14.8 Å². The molecule has 24 heavy (non-hydrogen) atoms. The Kier molecular flexibility index (Phi) is 4.22. The van der Waals surface area contributed by atoms with E-state index >= 15 is 0 Å². The maximum Gasteiger partial charge on any atom is 0.246 e. The first-order chi connectivity index (χ1) is 11.7. The van der Waals surface area contributed by atoms with Gasteiger partial charge in [0.15, 0.2) is 0 Å². The molecule has 0 bridgehead atoms. The summed E-state index contributed by atoms with van der Waals surface area (Å²) in [4.78, 5) is 12.3. The normalized spacial score (nSPS) is 17.5. The molecule has 0 unspecified atom stereocenters. The number of carbonyl (C=O) groups is 1. The summed E-state index contributed by atoms with van der Waals surface area (Å²) in [6.45, 7) is 0.952. The van der Waals surface area contributed by atoms with E-state index in [1.165, 1.54) is 11.3 Å². The summed E-state index contributed by atoms with van der Waals surface area (Å²) in [5, 5.41) is 13.9. The van der Waals surface area contributed by atoms with E-state index in [1.54, 1.807) is 0 Å². The molecule has 2 aromatic heterocycles. The number of carbonyl (C=O) groups excluding carboxylic acids is 1. The van der Waals surface area contributed by atoms with Crippen LogP contribution in [0.15, 0.2) is 30.5 Å². The SMILES string of the molecule is O=C(Cn1ccc2c(Cl)cccc21)Nc1nnc([C@@H]2CCCO2)s1. The molecule has 6 nitrogen and oxygen atoms in total. The van der Waals surface area contributed by atoms with Gasteiger partial charge in [-0.3, -0.25) is 10.1 Å². The predicted molar refractivity (Wildman–Crippen MR) is 93.4 cm³/mol. The van der Waals surface area contributed by atoms with E-state index in [0.717, 1.165) is 35.4 Å². The number of hydrogen-bond acceptors (Lipinski definition) is 5. The third-order valence-corrected chi connectivity index (χ3v) is 5.23. The van der Waals surface area contributed by atoms with Crippen LogP contribution in [-0.2, 0) is 16.1 Å². The van der Waals surface area contributed by atoms with Crippen LogP contribution in [-0.4, -0.2) is 27.3 Å². The number of rotatable bonds is 4. The third kappa shape index (κ3) is 3.02. The lowest BCUT2D eigenvalue weighted by atomic mass is 10.2. The molecule has 1 aliphatic heterocycles. The summed E-state index contributed by atoms with van der Waals surface area (Å²) in [7, 11) is 0. The molecule has 124 valence electrons. The first kappa shape index (κ1) is 15.6. The van der Waals surface area contributed by atoms with E-state index in [-0.39, 0.29) is 18.6 Å². The molecule has 0 radical (unpaired) electrons. The number of fused-ring (bicyclic) bond motifs is 1. The Hall–Kier alpha value is -1.96. The highest BCUT2D eigenvalue weighted by Crippen LogP contribution is 2.32. The summed E-state index contributed by atoms with van der Waals surface area (Å²) in [6.07, 6.45) is 3.87. The van der Waals surface area contributed by atoms with Crippen LogP contribution < -0.4 is 5.32 Å². The van der Waals surface area contributed by atoms with E-state index < -0.39 is 0 Å². The predicted octanol–water partition coefficient (Wildman–Crippen LogP) is 3.64. The number of benzene rings is 1. The lowest BCUT2D eigenvalue weighted by Gasteiger charge is -2.05. The van der Waals surface area contributed by atoms with Crippen LogP contribution in [0.25, 0.3) is 10.9 Å². The smallest absolute Gasteiger partial charge is 0.246 e. The molecular formula is C16H15ClN4O2S. The van der Waals surface area contributed by atoms with Gasteiger partial charge in [0.1, 0.15) is 17.7 Å². The van der Waals surface area contributed by atoms with E-state index in [2.05, 4.69) is 15.5 Å². The summed E-state index contributed by atoms with van der Waals surface area (Å²) >= 11 is 7.53. The van der Waals surface area contributed by atoms with Crippen molar-refractivity contribution in [3.8, 4) is 0 Å². The highest BCUT2D eigenvalue weighted by atomic mass is 35.5. The Morgan fingerprint density at radius 2 is 2.33 bits per heavy atom. The van der Waals surface area contributed by atoms with Crippen molar-refractivity contribution in [3.63, 3.8) is 0 Å². The highest BCUT2D eigenvalue weighted by molar-refractivity contribution is 7.15. The zero-order chi connectivity index (χ0) is 16.5. The number of nitrogens with one attached hydrogen (secondary N) is 1. The average Bonchev–Trinajstić information content (AvgIpc) is 3.28. The van der Waals surface area contributed by atoms with Crippen molar-refractivity contribution in [2.24, 2.45) is 0 Å². The Balaban J connectivity index is 1.45. The zero-order valence-electron chi connectivity index (χ0n) is 12.7. The minimum atomic E-state index is -0.150. The van der Waals surface area contributed by atoms with E-state index in [9.17, 15) is 4.79 Å². The van der Waals surface area contributed by atoms with Gasteiger partial charge in [-0.1, -0.05) is 29.0 Å². The third-order valence-electron chi connectivity index (χ3n) is 3.97. The fraction of sp³-hybridized carbons (Fsp3) is 0.312. The minimum Gasteiger partial charge on any atom is -0.371 e. The number of anilines is 1. The Bertz CT molecular complexity index is 885. The molecule has 0 aliphatic carbocycles. The Labute approximate surface area is 147 Å². The lowest BCUT2D eigenvalue weighted by Crippen LogP contribution is -2.18. The monoisotopic (exact) mass is 362 g/mol. The topological polar surface area (TPSA) is 69.0 Å². The average molecular weight is 363 g/mol. The molecule has 1 aromatic carbocycles. The molecule has 3 heterocycles. The first-order valence-corrected chi connectivity index (χ1v) is 8.88. The second-order valence-corrected chi connectivity index (χ2v) is 7.03. The first-order valence-electron chi connectivity index (χ1n) is 7.69. The van der Waals surface area contributed by atoms with Gasteiger partial charge in [-0.05, 0) is 31.0 Å². The van der Waals surface area contributed by atoms with Crippen molar-refractivity contribution < 1.29 is 9.53 Å². The van der Waals surface area contributed by atoms with Crippen LogP contribution >= 0.6 is 22.9 Å². The standard InChI is InChI=1S/C16H15ClN4O2S/c17-11-3-1-4-12-10(11)6-7-21(12)9-14(22)18-16-20-19-15(24-16)13-5-2-8-23-13/h1,3-4,6-7,13H,2,5,8-9H2,(H,18,20,22)/t13-/m0/s1. The number of ether oxygens (including phenoxy) is 1. The van der Waals surface area contributed by atoms with Crippen LogP contribution in [0.4, 0.5) is 5.13 Å². The van der Waals surface area contributed by atoms with E-state index in [0.29, 0.717) is 10.2 Å². The maximum absolute atomic E-state index is 12.3. The number of hydrogen-bond donors (Lipinski definition) is 1. The van der Waals surface area contributed by atoms with Crippen molar-refractivity contribution in [3.05, 3.63) is 40.5 Å². The molecule has 0 saturated carbocycles. The van der Waals surface area contributed by atoms with Gasteiger partial charge in [0.2, 0.25) is 11.0 Å². The van der Waals surface area contributed by atoms with Crippen molar-refractivity contribution in [1.29, 1.82) is 0 Å². The minimum absolute atomic E-state index is 0.0173. The van der Waals surface area contributed by atoms with Crippen molar-refractivity contribution >= 4 is 44.9 Å². The largest absolute Gasteiger partial charge is 0.371 e. The van der Waals surface area contributed by atoms with Crippen molar-refractivity contribution in [2.75, 3.05) is 11.9 Å². The molecule has 1 saturated heterocycles. The Morgan fingerprint density at radius 1 is 1.42 bits per heavy atom. The number of amides is 1. The number of nitrogens with zero attached hydrogens (tertiary/aromatic N) is 3. The fourth-order valence-electron chi connectivity index (χ4n) is 2.82. The highest BCUT2D eigenvalue weighted by Gasteiger charge is 2.22. The molecule has 1 amide bonds. The number of halogens is 1. The Morgan fingerprint density at radius 3 is 3.17 bits per heavy atom. The van der Waals surface area contributed by atoms with Gasteiger partial charge in [0, 0.05) is 28.7 Å². The molecule has 1 N–H and O–H groups in total. The van der Waals surface area contributed by atoms with Crippen molar-refractivity contribution in [2.45, 2.75) is 25.5 Å². The summed E-state index contributed by atoms with van der Waals surface area (Å²) < 4.78 is 7.44. The quantitative estimate of drug-likeness (QED) is 0.769. The summed E-state index contributed by atoms with van der Waals surface area (Å²) in [5.74, 6) is -0.150. The second-order valence-electron chi connectivity index (χ2n) is 5.61. The molecule has 3 aromatic rings. The van der Waals surface area contributed by atoms with Crippen LogP contribution in [0.5, 0.6) is 0 Å². The molecule has 0 spiro atoms. The summed E-state index contributed by atoms with van der Waals surface area (Å²) in [5.41, 5.74) is 0.926. The molecule has 8 heteroatoms. The van der Waals surface area contributed by atoms with Gasteiger partial charge in [0.25, 0.3) is 0 Å². The molecule has 1 aliphatic rings. The summed E-state index contributed by atoms with van der Waals surface area (Å²) in [6, 6.07) is 7.56. The van der Waals surface area contributed by atoms with Gasteiger partial charge in [-0.2, -0.15) is 0 Å². The maximum atomic E-state index is 12.3. The molecule has 4 rings (SSSR count). The van der Waals surface area contributed by atoms with Crippen LogP contribution in [0.1, 0.15) is 24.0 Å². The molecule has 1 atom stereocenters.